The topological polar surface area (TPSA) is 38.3 Å². The first kappa shape index (κ1) is 10.2. The summed E-state index contributed by atoms with van der Waals surface area (Å²) in [5.74, 6) is 1.54. The molecule has 1 saturated heterocycles. The Hall–Kier alpha value is 0.0700. The molecule has 72 valence electrons. The SMILES string of the molecule is CCS(=O)CCNC1CCOC1. The van der Waals surface area contributed by atoms with Crippen LogP contribution in [0, 0.1) is 0 Å². The number of ether oxygens (including phenoxy) is 1. The van der Waals surface area contributed by atoms with E-state index in [0.717, 1.165) is 37.7 Å². The van der Waals surface area contributed by atoms with E-state index in [1.165, 1.54) is 0 Å². The predicted octanol–water partition coefficient (Wildman–Crippen LogP) is 0.133. The van der Waals surface area contributed by atoms with Crippen LogP contribution in [0.4, 0.5) is 0 Å². The fourth-order valence-corrected chi connectivity index (χ4v) is 1.85. The second-order valence-electron chi connectivity index (χ2n) is 2.95. The van der Waals surface area contributed by atoms with Crippen LogP contribution in [-0.4, -0.2) is 41.5 Å². The Kier molecular flexibility index (Phi) is 4.80. The molecule has 0 spiro atoms. The lowest BCUT2D eigenvalue weighted by Gasteiger charge is -2.08. The van der Waals surface area contributed by atoms with Crippen LogP contribution in [0.5, 0.6) is 0 Å². The summed E-state index contributed by atoms with van der Waals surface area (Å²) in [7, 11) is -0.630. The van der Waals surface area contributed by atoms with Gasteiger partial charge < -0.3 is 10.1 Å². The summed E-state index contributed by atoms with van der Waals surface area (Å²) in [5.41, 5.74) is 0. The van der Waals surface area contributed by atoms with Gasteiger partial charge in [-0.15, -0.1) is 0 Å². The van der Waals surface area contributed by atoms with E-state index in [9.17, 15) is 4.21 Å². The van der Waals surface area contributed by atoms with Gasteiger partial charge in [-0.3, -0.25) is 4.21 Å². The van der Waals surface area contributed by atoms with Gasteiger partial charge in [-0.25, -0.2) is 0 Å². The van der Waals surface area contributed by atoms with Crippen molar-refractivity contribution in [2.75, 3.05) is 31.3 Å². The maximum Gasteiger partial charge on any atom is 0.0620 e. The van der Waals surface area contributed by atoms with Crippen molar-refractivity contribution in [1.82, 2.24) is 5.32 Å². The molecule has 0 saturated carbocycles. The van der Waals surface area contributed by atoms with Gasteiger partial charge in [0.1, 0.15) is 0 Å². The van der Waals surface area contributed by atoms with Crippen LogP contribution < -0.4 is 5.32 Å². The van der Waals surface area contributed by atoms with E-state index in [2.05, 4.69) is 5.32 Å². The van der Waals surface area contributed by atoms with E-state index in [1.54, 1.807) is 0 Å². The maximum absolute atomic E-state index is 11.0. The van der Waals surface area contributed by atoms with Crippen molar-refractivity contribution in [1.29, 1.82) is 0 Å². The highest BCUT2D eigenvalue weighted by molar-refractivity contribution is 7.84. The van der Waals surface area contributed by atoms with Crippen LogP contribution in [0.2, 0.25) is 0 Å². The molecular weight excluding hydrogens is 174 g/mol. The van der Waals surface area contributed by atoms with Crippen LogP contribution in [0.3, 0.4) is 0 Å². The maximum atomic E-state index is 11.0. The molecule has 3 nitrogen and oxygen atoms in total. The van der Waals surface area contributed by atoms with Crippen molar-refractivity contribution < 1.29 is 8.95 Å². The van der Waals surface area contributed by atoms with Crippen LogP contribution in [-0.2, 0) is 15.5 Å². The lowest BCUT2D eigenvalue weighted by molar-refractivity contribution is 0.190. The van der Waals surface area contributed by atoms with Crippen LogP contribution in [0.15, 0.2) is 0 Å². The quantitative estimate of drug-likeness (QED) is 0.671. The molecule has 1 aliphatic rings. The minimum absolute atomic E-state index is 0.499. The third kappa shape index (κ3) is 3.65. The van der Waals surface area contributed by atoms with Crippen LogP contribution >= 0.6 is 0 Å². The zero-order valence-electron chi connectivity index (χ0n) is 7.54. The number of hydrogen-bond donors (Lipinski definition) is 1. The largest absolute Gasteiger partial charge is 0.380 e. The molecule has 0 aromatic carbocycles. The number of hydrogen-bond acceptors (Lipinski definition) is 3. The highest BCUT2D eigenvalue weighted by atomic mass is 32.2. The van der Waals surface area contributed by atoms with Crippen molar-refractivity contribution >= 4 is 10.8 Å². The van der Waals surface area contributed by atoms with Crippen molar-refractivity contribution in [3.63, 3.8) is 0 Å². The Bertz CT molecular complexity index is 146. The van der Waals surface area contributed by atoms with Gasteiger partial charge in [0.25, 0.3) is 0 Å². The Balaban J connectivity index is 1.97. The molecular formula is C8H17NO2S. The molecule has 12 heavy (non-hydrogen) atoms. The molecule has 1 fully saturated rings. The molecule has 1 rings (SSSR count). The molecule has 0 amide bonds. The minimum Gasteiger partial charge on any atom is -0.380 e. The fraction of sp³-hybridized carbons (Fsp3) is 1.00. The Labute approximate surface area is 76.3 Å². The van der Waals surface area contributed by atoms with Crippen molar-refractivity contribution in [2.24, 2.45) is 0 Å². The van der Waals surface area contributed by atoms with Gasteiger partial charge in [0.05, 0.1) is 6.61 Å². The number of rotatable bonds is 5. The molecule has 0 aromatic rings. The Morgan fingerprint density at radius 2 is 2.50 bits per heavy atom. The molecule has 0 radical (unpaired) electrons. The smallest absolute Gasteiger partial charge is 0.0620 e. The van der Waals surface area contributed by atoms with Gasteiger partial charge in [-0.1, -0.05) is 6.92 Å². The predicted molar refractivity (Wildman–Crippen MR) is 50.8 cm³/mol. The molecule has 0 aromatic heterocycles. The zero-order chi connectivity index (χ0) is 8.81. The molecule has 4 heteroatoms. The van der Waals surface area contributed by atoms with Gasteiger partial charge in [0.2, 0.25) is 0 Å². The summed E-state index contributed by atoms with van der Waals surface area (Å²) < 4.78 is 16.2. The van der Waals surface area contributed by atoms with E-state index in [4.69, 9.17) is 4.74 Å². The van der Waals surface area contributed by atoms with Gasteiger partial charge in [0.15, 0.2) is 0 Å². The van der Waals surface area contributed by atoms with Crippen LogP contribution in [0.25, 0.3) is 0 Å². The number of nitrogens with one attached hydrogen (secondary N) is 1. The molecule has 2 atom stereocenters. The third-order valence-electron chi connectivity index (χ3n) is 2.01. The highest BCUT2D eigenvalue weighted by Gasteiger charge is 2.13. The molecule has 2 unspecified atom stereocenters. The lowest BCUT2D eigenvalue weighted by atomic mass is 10.3. The van der Waals surface area contributed by atoms with E-state index >= 15 is 0 Å². The van der Waals surface area contributed by atoms with Gasteiger partial charge >= 0.3 is 0 Å². The van der Waals surface area contributed by atoms with E-state index in [1.807, 2.05) is 6.92 Å². The van der Waals surface area contributed by atoms with Crippen molar-refractivity contribution in [3.05, 3.63) is 0 Å². The Morgan fingerprint density at radius 1 is 1.67 bits per heavy atom. The van der Waals surface area contributed by atoms with Gasteiger partial charge in [-0.2, -0.15) is 0 Å². The molecule has 0 bridgehead atoms. The van der Waals surface area contributed by atoms with Crippen molar-refractivity contribution in [2.45, 2.75) is 19.4 Å². The molecule has 1 aliphatic heterocycles. The van der Waals surface area contributed by atoms with E-state index in [0.29, 0.717) is 6.04 Å². The average molecular weight is 191 g/mol. The summed E-state index contributed by atoms with van der Waals surface area (Å²) in [4.78, 5) is 0. The second kappa shape index (κ2) is 5.67. The fourth-order valence-electron chi connectivity index (χ4n) is 1.22. The van der Waals surface area contributed by atoms with Crippen LogP contribution in [0.1, 0.15) is 13.3 Å². The molecule has 1 heterocycles. The molecule has 0 aliphatic carbocycles. The first-order valence-electron chi connectivity index (χ1n) is 4.49. The monoisotopic (exact) mass is 191 g/mol. The normalized spacial score (nSPS) is 25.9. The summed E-state index contributed by atoms with van der Waals surface area (Å²) in [6.07, 6.45) is 1.10. The summed E-state index contributed by atoms with van der Waals surface area (Å²) in [5, 5.41) is 3.33. The Morgan fingerprint density at radius 3 is 3.08 bits per heavy atom. The summed E-state index contributed by atoms with van der Waals surface area (Å²) in [6.45, 7) is 4.50. The van der Waals surface area contributed by atoms with Gasteiger partial charge in [0, 0.05) is 41.5 Å². The summed E-state index contributed by atoms with van der Waals surface area (Å²) >= 11 is 0. The molecule has 1 N–H and O–H groups in total. The van der Waals surface area contributed by atoms with Crippen molar-refractivity contribution in [3.8, 4) is 0 Å². The summed E-state index contributed by atoms with van der Waals surface area (Å²) in [6, 6.07) is 0.499. The standard InChI is InChI=1S/C8H17NO2S/c1-2-12(10)6-4-9-8-3-5-11-7-8/h8-9H,2-7H2,1H3. The first-order chi connectivity index (χ1) is 5.83. The first-order valence-corrected chi connectivity index (χ1v) is 5.98. The second-order valence-corrected chi connectivity index (χ2v) is 4.81. The highest BCUT2D eigenvalue weighted by Crippen LogP contribution is 2.02. The van der Waals surface area contributed by atoms with E-state index in [-0.39, 0.29) is 0 Å². The zero-order valence-corrected chi connectivity index (χ0v) is 8.36. The average Bonchev–Trinajstić information content (AvgIpc) is 2.57. The lowest BCUT2D eigenvalue weighted by Crippen LogP contribution is -2.32. The third-order valence-corrected chi connectivity index (χ3v) is 3.32. The minimum atomic E-state index is -0.630. The van der Waals surface area contributed by atoms with Gasteiger partial charge in [-0.05, 0) is 6.42 Å². The van der Waals surface area contributed by atoms with E-state index < -0.39 is 10.8 Å².